The van der Waals surface area contributed by atoms with Crippen molar-refractivity contribution in [2.45, 2.75) is 111 Å². The summed E-state index contributed by atoms with van der Waals surface area (Å²) in [6.07, 6.45) is 24.4. The minimum absolute atomic E-state index is 0.0914. The number of nitrogens with zero attached hydrogens (tertiary/aromatic N) is 1. The third-order valence-electron chi connectivity index (χ3n) is 5.39. The Morgan fingerprint density at radius 2 is 1.17 bits per heavy atom. The summed E-state index contributed by atoms with van der Waals surface area (Å²) >= 11 is 0. The van der Waals surface area contributed by atoms with Crippen molar-refractivity contribution in [2.75, 3.05) is 33.8 Å². The number of hydrogen-bond donors (Lipinski definition) is 0. The highest BCUT2D eigenvalue weighted by atomic mass is 32.3. The van der Waals surface area contributed by atoms with Crippen molar-refractivity contribution in [2.24, 2.45) is 0 Å². The van der Waals surface area contributed by atoms with E-state index in [2.05, 4.69) is 44.3 Å². The summed E-state index contributed by atoms with van der Waals surface area (Å²) < 4.78 is 33.2. The molecule has 0 aromatic carbocycles. The summed E-state index contributed by atoms with van der Waals surface area (Å²) in [5, 5.41) is 0. The zero-order valence-corrected chi connectivity index (χ0v) is 21.5. The molecule has 0 saturated carbocycles. The highest BCUT2D eigenvalue weighted by Crippen LogP contribution is 2.10. The van der Waals surface area contributed by atoms with Crippen molar-refractivity contribution in [3.63, 3.8) is 0 Å². The predicted octanol–water partition coefficient (Wildman–Crippen LogP) is 6.60. The summed E-state index contributed by atoms with van der Waals surface area (Å²) in [6, 6.07) is 0. The fraction of sp³-hybridized carbons (Fsp3) is 0.917. The minimum atomic E-state index is -4.42. The lowest BCUT2D eigenvalue weighted by atomic mass is 10.1. The SMILES string of the molecule is CCCCCCCCC=CCCCCCCCC[N+](C)(C)CC.CCOS(=O)(=O)[O-]. The van der Waals surface area contributed by atoms with Crippen LogP contribution in [0.1, 0.15) is 111 Å². The molecular formula is C24H51NO4S. The van der Waals surface area contributed by atoms with Gasteiger partial charge in [0.1, 0.15) is 0 Å². The summed E-state index contributed by atoms with van der Waals surface area (Å²) in [5.74, 6) is 0. The Morgan fingerprint density at radius 3 is 1.53 bits per heavy atom. The van der Waals surface area contributed by atoms with Gasteiger partial charge < -0.3 is 9.04 Å². The molecule has 0 heterocycles. The fourth-order valence-electron chi connectivity index (χ4n) is 3.09. The molecule has 0 aliphatic rings. The first-order valence-corrected chi connectivity index (χ1v) is 13.6. The first-order chi connectivity index (χ1) is 14.2. The molecule has 0 aromatic rings. The second-order valence-electron chi connectivity index (χ2n) is 8.73. The predicted molar refractivity (Wildman–Crippen MR) is 128 cm³/mol. The van der Waals surface area contributed by atoms with Crippen molar-refractivity contribution in [1.29, 1.82) is 0 Å². The molecule has 0 atom stereocenters. The van der Waals surface area contributed by atoms with Gasteiger partial charge in [-0.3, -0.25) is 4.18 Å². The summed E-state index contributed by atoms with van der Waals surface area (Å²) in [6.45, 7) is 8.51. The third-order valence-corrected chi connectivity index (χ3v) is 5.92. The lowest BCUT2D eigenvalue weighted by Gasteiger charge is -2.28. The standard InChI is InChI=1S/C22H46N.C2H6O4S/c1-5-7-8-9-10-11-12-13-14-15-16-17-18-19-20-21-22-23(3,4)6-2;1-2-6-7(3,4)5/h13-14H,5-12,15-22H2,1-4H3;2H2,1H3,(H,3,4,5)/q+1;/p-1. The Balaban J connectivity index is 0. The van der Waals surface area contributed by atoms with Crippen molar-refractivity contribution in [3.8, 4) is 0 Å². The summed E-state index contributed by atoms with van der Waals surface area (Å²) in [4.78, 5) is 0. The highest BCUT2D eigenvalue weighted by molar-refractivity contribution is 7.80. The third kappa shape index (κ3) is 29.8. The number of rotatable bonds is 19. The van der Waals surface area contributed by atoms with Gasteiger partial charge in [-0.15, -0.1) is 0 Å². The van der Waals surface area contributed by atoms with Crippen LogP contribution in [0.5, 0.6) is 0 Å². The lowest BCUT2D eigenvalue weighted by molar-refractivity contribution is -0.888. The van der Waals surface area contributed by atoms with Crippen LogP contribution in [-0.4, -0.2) is 51.2 Å². The van der Waals surface area contributed by atoms with Crippen LogP contribution in [0.15, 0.2) is 12.2 Å². The van der Waals surface area contributed by atoms with Crippen molar-refractivity contribution in [3.05, 3.63) is 12.2 Å². The van der Waals surface area contributed by atoms with E-state index < -0.39 is 10.4 Å². The van der Waals surface area contributed by atoms with Crippen molar-refractivity contribution in [1.82, 2.24) is 0 Å². The maximum Gasteiger partial charge on any atom is 0.217 e. The van der Waals surface area contributed by atoms with Gasteiger partial charge in [0.05, 0.1) is 33.8 Å². The first-order valence-electron chi connectivity index (χ1n) is 12.3. The molecule has 5 nitrogen and oxygen atoms in total. The van der Waals surface area contributed by atoms with Gasteiger partial charge in [0.15, 0.2) is 0 Å². The Kier molecular flexibility index (Phi) is 23.1. The van der Waals surface area contributed by atoms with Crippen LogP contribution in [0.4, 0.5) is 0 Å². The van der Waals surface area contributed by atoms with E-state index in [1.54, 1.807) is 0 Å². The topological polar surface area (TPSA) is 66.4 Å². The lowest BCUT2D eigenvalue weighted by Crippen LogP contribution is -2.39. The van der Waals surface area contributed by atoms with E-state index in [0.717, 1.165) is 0 Å². The van der Waals surface area contributed by atoms with Gasteiger partial charge in [0.25, 0.3) is 0 Å². The molecule has 0 saturated heterocycles. The van der Waals surface area contributed by atoms with Gasteiger partial charge in [0, 0.05) is 0 Å². The normalized spacial score (nSPS) is 12.2. The molecule has 0 fully saturated rings. The van der Waals surface area contributed by atoms with Crippen molar-refractivity contribution >= 4 is 10.4 Å². The van der Waals surface area contributed by atoms with Crippen molar-refractivity contribution < 1.29 is 21.6 Å². The minimum Gasteiger partial charge on any atom is -0.726 e. The zero-order chi connectivity index (χ0) is 23.1. The molecule has 0 radical (unpaired) electrons. The van der Waals surface area contributed by atoms with Gasteiger partial charge in [0.2, 0.25) is 10.4 Å². The molecule has 0 spiro atoms. The summed E-state index contributed by atoms with van der Waals surface area (Å²) in [7, 11) is 0.265. The molecule has 0 N–H and O–H groups in total. The second-order valence-corrected chi connectivity index (χ2v) is 9.78. The number of quaternary nitrogens is 1. The van der Waals surface area contributed by atoms with Crippen LogP contribution in [0.3, 0.4) is 0 Å². The van der Waals surface area contributed by atoms with E-state index in [1.807, 2.05) is 0 Å². The number of unbranched alkanes of at least 4 members (excludes halogenated alkanes) is 12. The largest absolute Gasteiger partial charge is 0.726 e. The van der Waals surface area contributed by atoms with Crippen LogP contribution in [0.2, 0.25) is 0 Å². The average molecular weight is 450 g/mol. The van der Waals surface area contributed by atoms with Gasteiger partial charge in [-0.05, 0) is 52.4 Å². The number of allylic oxidation sites excluding steroid dienone is 2. The van der Waals surface area contributed by atoms with E-state index >= 15 is 0 Å². The maximum absolute atomic E-state index is 9.45. The van der Waals surface area contributed by atoms with E-state index in [9.17, 15) is 13.0 Å². The first kappa shape index (κ1) is 31.8. The maximum atomic E-state index is 9.45. The number of hydrogen-bond acceptors (Lipinski definition) is 4. The van der Waals surface area contributed by atoms with Gasteiger partial charge in [-0.2, -0.15) is 0 Å². The Hall–Kier alpha value is -0.430. The second kappa shape index (κ2) is 21.8. The molecule has 0 amide bonds. The van der Waals surface area contributed by atoms with Crippen LogP contribution in [-0.2, 0) is 14.6 Å². The summed E-state index contributed by atoms with van der Waals surface area (Å²) in [5.41, 5.74) is 0. The fourth-order valence-corrected chi connectivity index (χ4v) is 3.38. The van der Waals surface area contributed by atoms with Crippen LogP contribution in [0, 0.1) is 0 Å². The molecule has 0 bridgehead atoms. The van der Waals surface area contributed by atoms with Gasteiger partial charge >= 0.3 is 0 Å². The molecule has 0 aliphatic heterocycles. The Morgan fingerprint density at radius 1 is 0.733 bits per heavy atom. The average Bonchev–Trinajstić information content (AvgIpc) is 2.67. The molecule has 0 rings (SSSR count). The van der Waals surface area contributed by atoms with E-state index in [1.165, 1.54) is 114 Å². The van der Waals surface area contributed by atoms with E-state index in [4.69, 9.17) is 0 Å². The Labute approximate surface area is 188 Å². The van der Waals surface area contributed by atoms with Gasteiger partial charge in [-0.25, -0.2) is 8.42 Å². The molecule has 0 aliphatic carbocycles. The van der Waals surface area contributed by atoms with Gasteiger partial charge in [-0.1, -0.05) is 70.4 Å². The quantitative estimate of drug-likeness (QED) is 0.0732. The molecule has 0 unspecified atom stereocenters. The molecule has 0 aromatic heterocycles. The van der Waals surface area contributed by atoms with Crippen LogP contribution < -0.4 is 0 Å². The van der Waals surface area contributed by atoms with E-state index in [0.29, 0.717) is 0 Å². The smallest absolute Gasteiger partial charge is 0.217 e. The monoisotopic (exact) mass is 449 g/mol. The highest BCUT2D eigenvalue weighted by Gasteiger charge is 2.09. The molecule has 6 heteroatoms. The Bertz CT molecular complexity index is 476. The zero-order valence-electron chi connectivity index (χ0n) is 20.7. The van der Waals surface area contributed by atoms with E-state index in [-0.39, 0.29) is 6.61 Å². The molecule has 182 valence electrons. The molecular weight excluding hydrogens is 398 g/mol. The van der Waals surface area contributed by atoms with Crippen LogP contribution in [0.25, 0.3) is 0 Å². The van der Waals surface area contributed by atoms with Crippen LogP contribution >= 0.6 is 0 Å². The molecule has 30 heavy (non-hydrogen) atoms.